The molecule has 4 saturated heterocycles. The summed E-state index contributed by atoms with van der Waals surface area (Å²) in [7, 11) is 0. The van der Waals surface area contributed by atoms with Gasteiger partial charge in [0.1, 0.15) is 17.9 Å². The van der Waals surface area contributed by atoms with Crippen molar-refractivity contribution >= 4 is 27.5 Å². The number of phenols is 1. The lowest BCUT2D eigenvalue weighted by atomic mass is 9.95. The first kappa shape index (κ1) is 23.5. The van der Waals surface area contributed by atoms with Crippen molar-refractivity contribution < 1.29 is 9.84 Å². The summed E-state index contributed by atoms with van der Waals surface area (Å²) in [6, 6.07) is 17.1. The fraction of sp³-hybridized carbons (Fsp3) is 0.438. The van der Waals surface area contributed by atoms with Gasteiger partial charge in [-0.1, -0.05) is 24.3 Å². The van der Waals surface area contributed by atoms with Crippen molar-refractivity contribution in [2.75, 3.05) is 37.7 Å². The van der Waals surface area contributed by atoms with Crippen molar-refractivity contribution in [2.45, 2.75) is 56.1 Å². The van der Waals surface area contributed by atoms with E-state index in [1.165, 1.54) is 51.6 Å². The molecule has 0 amide bonds. The van der Waals surface area contributed by atoms with Crippen LogP contribution >= 0.6 is 0 Å². The summed E-state index contributed by atoms with van der Waals surface area (Å²) in [6.07, 6.45) is 9.33. The van der Waals surface area contributed by atoms with Gasteiger partial charge in [-0.2, -0.15) is 0 Å². The highest BCUT2D eigenvalue weighted by atomic mass is 16.5. The Bertz CT molecular complexity index is 1550. The largest absolute Gasteiger partial charge is 0.508 e. The predicted molar refractivity (Wildman–Crippen MR) is 155 cm³/mol. The highest BCUT2D eigenvalue weighted by Crippen LogP contribution is 2.40. The molecule has 0 saturated carbocycles. The zero-order chi connectivity index (χ0) is 26.0. The van der Waals surface area contributed by atoms with Gasteiger partial charge in [-0.25, -0.2) is 4.98 Å². The molecule has 0 unspecified atom stereocenters. The smallest absolute Gasteiger partial charge is 0.216 e. The summed E-state index contributed by atoms with van der Waals surface area (Å²) in [5.41, 5.74) is 4.95. The van der Waals surface area contributed by atoms with Crippen LogP contribution < -0.4 is 15.0 Å². The maximum absolute atomic E-state index is 10.5. The molecular formula is C32H35N5O2. The first-order valence-electron chi connectivity index (χ1n) is 14.6. The summed E-state index contributed by atoms with van der Waals surface area (Å²) in [4.78, 5) is 15.2. The summed E-state index contributed by atoms with van der Waals surface area (Å²) >= 11 is 0. The Kier molecular flexibility index (Phi) is 5.46. The Balaban J connectivity index is 1.22. The molecule has 4 aromatic rings. The zero-order valence-corrected chi connectivity index (χ0v) is 22.3. The molecule has 2 aromatic heterocycles. The average Bonchev–Trinajstić information content (AvgIpc) is 3.64. The van der Waals surface area contributed by atoms with E-state index in [1.807, 2.05) is 36.5 Å². The van der Waals surface area contributed by atoms with Gasteiger partial charge in [0.25, 0.3) is 0 Å². The van der Waals surface area contributed by atoms with Crippen LogP contribution in [0.4, 0.5) is 5.69 Å². The van der Waals surface area contributed by atoms with Crippen molar-refractivity contribution in [1.82, 2.24) is 20.2 Å². The molecule has 2 aromatic carbocycles. The van der Waals surface area contributed by atoms with Crippen molar-refractivity contribution in [3.8, 4) is 22.8 Å². The molecule has 6 heterocycles. The molecule has 4 aliphatic rings. The molecule has 2 bridgehead atoms. The van der Waals surface area contributed by atoms with Crippen LogP contribution in [0.15, 0.2) is 54.7 Å². The van der Waals surface area contributed by atoms with E-state index in [1.54, 1.807) is 0 Å². The number of anilines is 1. The second kappa shape index (κ2) is 9.07. The third-order valence-electron chi connectivity index (χ3n) is 9.62. The number of fused-ring (bicyclic) bond motifs is 5. The van der Waals surface area contributed by atoms with E-state index in [-0.39, 0.29) is 11.3 Å². The minimum Gasteiger partial charge on any atom is -0.508 e. The predicted octanol–water partition coefficient (Wildman–Crippen LogP) is 5.10. The normalized spacial score (nSPS) is 24.1. The standard InChI is InChI=1S/C32H35N5O2/c38-25-13-21-5-1-2-6-26(21)27(15-25)22-14-28-31(33-17-22)29(36-18-23-7-8-24(19-36)34-23)16-30(35-28)39-20-32-9-3-11-37(32)12-4-10-32/h1-2,5-6,13-17,23-24,34,38H,3-4,7-12,18-20H2/t23-,24+. The summed E-state index contributed by atoms with van der Waals surface area (Å²) in [5, 5.41) is 16.3. The molecule has 7 heteroatoms. The first-order valence-corrected chi connectivity index (χ1v) is 14.6. The van der Waals surface area contributed by atoms with E-state index in [2.05, 4.69) is 33.3 Å². The van der Waals surface area contributed by atoms with Crippen molar-refractivity contribution in [3.63, 3.8) is 0 Å². The van der Waals surface area contributed by atoms with E-state index in [4.69, 9.17) is 14.7 Å². The van der Waals surface area contributed by atoms with Gasteiger partial charge in [-0.05, 0) is 86.1 Å². The molecular weight excluding hydrogens is 486 g/mol. The van der Waals surface area contributed by atoms with Gasteiger partial charge in [-0.15, -0.1) is 0 Å². The van der Waals surface area contributed by atoms with Crippen LogP contribution in [0.1, 0.15) is 38.5 Å². The monoisotopic (exact) mass is 521 g/mol. The van der Waals surface area contributed by atoms with Gasteiger partial charge in [-0.3, -0.25) is 9.88 Å². The minimum atomic E-state index is 0.172. The number of nitrogens with zero attached hydrogens (tertiary/aromatic N) is 4. The first-order chi connectivity index (χ1) is 19.1. The van der Waals surface area contributed by atoms with E-state index < -0.39 is 0 Å². The third kappa shape index (κ3) is 4.02. The van der Waals surface area contributed by atoms with Gasteiger partial charge < -0.3 is 20.1 Å². The van der Waals surface area contributed by atoms with Crippen LogP contribution in [-0.2, 0) is 0 Å². The summed E-state index contributed by atoms with van der Waals surface area (Å²) in [6.45, 7) is 5.03. The minimum absolute atomic E-state index is 0.172. The Morgan fingerprint density at radius 3 is 2.62 bits per heavy atom. The highest BCUT2D eigenvalue weighted by molar-refractivity contribution is 6.00. The summed E-state index contributed by atoms with van der Waals surface area (Å²) in [5.74, 6) is 0.944. The second-order valence-electron chi connectivity index (χ2n) is 12.0. The number of ether oxygens (including phenoxy) is 1. The zero-order valence-electron chi connectivity index (χ0n) is 22.3. The number of aromatic nitrogens is 2. The van der Waals surface area contributed by atoms with Gasteiger partial charge in [0.2, 0.25) is 5.88 Å². The number of benzene rings is 2. The number of aromatic hydroxyl groups is 1. The van der Waals surface area contributed by atoms with Crippen LogP contribution in [0.25, 0.3) is 32.9 Å². The van der Waals surface area contributed by atoms with E-state index in [9.17, 15) is 5.11 Å². The van der Waals surface area contributed by atoms with Crippen LogP contribution in [0.2, 0.25) is 0 Å². The maximum Gasteiger partial charge on any atom is 0.216 e. The number of piperazine rings is 1. The lowest BCUT2D eigenvalue weighted by Gasteiger charge is -2.35. The molecule has 2 atom stereocenters. The molecule has 7 nitrogen and oxygen atoms in total. The van der Waals surface area contributed by atoms with Gasteiger partial charge >= 0.3 is 0 Å². The average molecular weight is 522 g/mol. The molecule has 2 N–H and O–H groups in total. The third-order valence-corrected chi connectivity index (χ3v) is 9.62. The summed E-state index contributed by atoms with van der Waals surface area (Å²) < 4.78 is 6.58. The van der Waals surface area contributed by atoms with E-state index in [0.29, 0.717) is 24.6 Å². The topological polar surface area (TPSA) is 73.8 Å². The van der Waals surface area contributed by atoms with Gasteiger partial charge in [0.05, 0.1) is 16.7 Å². The fourth-order valence-electron chi connectivity index (χ4n) is 7.73. The number of pyridine rings is 2. The molecule has 0 aliphatic carbocycles. The number of hydrogen-bond donors (Lipinski definition) is 2. The lowest BCUT2D eigenvalue weighted by molar-refractivity contribution is 0.111. The molecule has 8 rings (SSSR count). The second-order valence-corrected chi connectivity index (χ2v) is 12.0. The maximum atomic E-state index is 10.5. The van der Waals surface area contributed by atoms with E-state index >= 15 is 0 Å². The number of rotatable bonds is 5. The fourth-order valence-corrected chi connectivity index (χ4v) is 7.73. The Hall–Kier alpha value is -3.42. The van der Waals surface area contributed by atoms with Crippen molar-refractivity contribution in [2.24, 2.45) is 0 Å². The Morgan fingerprint density at radius 1 is 1.00 bits per heavy atom. The van der Waals surface area contributed by atoms with Crippen LogP contribution in [0.5, 0.6) is 11.6 Å². The molecule has 0 radical (unpaired) electrons. The molecule has 4 fully saturated rings. The van der Waals surface area contributed by atoms with Crippen LogP contribution in [0.3, 0.4) is 0 Å². The highest BCUT2D eigenvalue weighted by Gasteiger charge is 2.45. The number of hydrogen-bond acceptors (Lipinski definition) is 7. The number of phenolic OH excluding ortho intramolecular Hbond substituents is 1. The van der Waals surface area contributed by atoms with Gasteiger partial charge in [0, 0.05) is 43.0 Å². The van der Waals surface area contributed by atoms with Crippen molar-refractivity contribution in [3.05, 3.63) is 54.7 Å². The van der Waals surface area contributed by atoms with Gasteiger partial charge in [0.15, 0.2) is 0 Å². The SMILES string of the molecule is Oc1cc(-c2cnc3c(N4C[C@H]5CC[C@@H](C4)N5)cc(OCC45CCCN4CCC5)nc3c2)c2ccccc2c1. The van der Waals surface area contributed by atoms with E-state index in [0.717, 1.165) is 51.7 Å². The van der Waals surface area contributed by atoms with Crippen LogP contribution in [0, 0.1) is 0 Å². The molecule has 200 valence electrons. The molecule has 39 heavy (non-hydrogen) atoms. The van der Waals surface area contributed by atoms with Crippen molar-refractivity contribution in [1.29, 1.82) is 0 Å². The Labute approximate surface area is 228 Å². The Morgan fingerprint density at radius 2 is 1.79 bits per heavy atom. The quantitative estimate of drug-likeness (QED) is 0.378. The molecule has 4 aliphatic heterocycles. The number of nitrogens with one attached hydrogen (secondary N) is 1. The lowest BCUT2D eigenvalue weighted by Crippen LogP contribution is -2.51. The van der Waals surface area contributed by atoms with Crippen LogP contribution in [-0.4, -0.2) is 70.4 Å². The molecule has 0 spiro atoms.